The number of carbonyl (C=O) groups is 1. The first-order chi connectivity index (χ1) is 15.6. The number of carbonyl (C=O) groups excluding carboxylic acids is 1. The number of amides is 1. The average Bonchev–Trinajstić information content (AvgIpc) is 3.52. The molecule has 0 unspecified atom stereocenters. The SMILES string of the molecule is COc1cc(C(=O)NS(=O)(=O)C2CC2)ccc1NS(=O)(=O)c1csc(-c2ccc(F)cc2)n1. The Hall–Kier alpha value is -3.03. The number of aromatic nitrogens is 1. The summed E-state index contributed by atoms with van der Waals surface area (Å²) in [4.78, 5) is 16.4. The maximum Gasteiger partial charge on any atom is 0.280 e. The van der Waals surface area contributed by atoms with E-state index in [1.165, 1.54) is 55.0 Å². The predicted octanol–water partition coefficient (Wildman–Crippen LogP) is 2.98. The van der Waals surface area contributed by atoms with Crippen LogP contribution in [0.2, 0.25) is 0 Å². The second-order valence-corrected chi connectivity index (χ2v) is 11.6. The van der Waals surface area contributed by atoms with E-state index in [2.05, 4.69) is 9.71 Å². The van der Waals surface area contributed by atoms with Gasteiger partial charge in [-0.3, -0.25) is 9.52 Å². The van der Waals surface area contributed by atoms with Gasteiger partial charge in [0.15, 0.2) is 5.03 Å². The summed E-state index contributed by atoms with van der Waals surface area (Å²) in [5.74, 6) is -1.23. The molecule has 0 spiro atoms. The van der Waals surface area contributed by atoms with E-state index in [1.54, 1.807) is 0 Å². The number of hydrogen-bond acceptors (Lipinski definition) is 8. The minimum Gasteiger partial charge on any atom is -0.495 e. The first-order valence-corrected chi connectivity index (χ1v) is 13.5. The van der Waals surface area contributed by atoms with Crippen molar-refractivity contribution >= 4 is 43.0 Å². The standard InChI is InChI=1S/C20H18FN3O6S3/c1-30-17-10-13(19(25)24-32(26,27)15-7-8-15)4-9-16(17)23-33(28,29)18-11-31-20(22-18)12-2-5-14(21)6-3-12/h2-6,9-11,15,23H,7-8H2,1H3,(H,24,25). The van der Waals surface area contributed by atoms with Gasteiger partial charge in [0.1, 0.15) is 16.6 Å². The molecule has 1 aliphatic carbocycles. The minimum atomic E-state index is -4.11. The van der Waals surface area contributed by atoms with Gasteiger partial charge in [0.25, 0.3) is 15.9 Å². The number of hydrogen-bond donors (Lipinski definition) is 2. The molecule has 174 valence electrons. The topological polar surface area (TPSA) is 132 Å². The van der Waals surface area contributed by atoms with Crippen molar-refractivity contribution in [3.63, 3.8) is 0 Å². The molecule has 1 aromatic heterocycles. The molecule has 4 rings (SSSR count). The van der Waals surface area contributed by atoms with E-state index < -0.39 is 37.0 Å². The number of halogens is 1. The highest BCUT2D eigenvalue weighted by atomic mass is 32.2. The van der Waals surface area contributed by atoms with Gasteiger partial charge in [-0.05, 0) is 55.3 Å². The zero-order valence-corrected chi connectivity index (χ0v) is 19.6. The highest BCUT2D eigenvalue weighted by Crippen LogP contribution is 2.31. The second-order valence-electron chi connectivity index (χ2n) is 7.19. The van der Waals surface area contributed by atoms with E-state index in [0.29, 0.717) is 23.4 Å². The molecular weight excluding hydrogens is 493 g/mol. The molecule has 33 heavy (non-hydrogen) atoms. The summed E-state index contributed by atoms with van der Waals surface area (Å²) in [5, 5.41) is 0.933. The number of anilines is 1. The number of sulfonamides is 2. The number of nitrogens with zero attached hydrogens (tertiary/aromatic N) is 1. The lowest BCUT2D eigenvalue weighted by atomic mass is 10.2. The van der Waals surface area contributed by atoms with Crippen LogP contribution in [-0.2, 0) is 20.0 Å². The molecule has 0 atom stereocenters. The number of nitrogens with one attached hydrogen (secondary N) is 2. The van der Waals surface area contributed by atoms with E-state index in [9.17, 15) is 26.0 Å². The van der Waals surface area contributed by atoms with Crippen LogP contribution in [0.15, 0.2) is 52.9 Å². The third-order valence-corrected chi connectivity index (χ3v) is 8.86. The van der Waals surface area contributed by atoms with Crippen molar-refractivity contribution in [2.24, 2.45) is 0 Å². The van der Waals surface area contributed by atoms with Gasteiger partial charge in [0, 0.05) is 16.5 Å². The van der Waals surface area contributed by atoms with Gasteiger partial charge in [-0.1, -0.05) is 0 Å². The van der Waals surface area contributed by atoms with Gasteiger partial charge >= 0.3 is 0 Å². The van der Waals surface area contributed by atoms with Gasteiger partial charge in [0.2, 0.25) is 10.0 Å². The summed E-state index contributed by atoms with van der Waals surface area (Å²) in [7, 11) is -6.56. The fourth-order valence-electron chi connectivity index (χ4n) is 2.87. The maximum absolute atomic E-state index is 13.1. The van der Waals surface area contributed by atoms with Crippen molar-refractivity contribution in [2.75, 3.05) is 11.8 Å². The molecule has 0 bridgehead atoms. The quantitative estimate of drug-likeness (QED) is 0.475. The predicted molar refractivity (Wildman–Crippen MR) is 121 cm³/mol. The molecule has 9 nitrogen and oxygen atoms in total. The maximum atomic E-state index is 13.1. The van der Waals surface area contributed by atoms with Crippen LogP contribution in [0, 0.1) is 5.82 Å². The Labute approximate surface area is 193 Å². The van der Waals surface area contributed by atoms with Crippen LogP contribution in [-0.4, -0.2) is 40.1 Å². The van der Waals surface area contributed by atoms with Crippen molar-refractivity contribution in [1.82, 2.24) is 9.71 Å². The normalized spacial score (nSPS) is 14.0. The summed E-state index contributed by atoms with van der Waals surface area (Å²) in [6.45, 7) is 0. The highest BCUT2D eigenvalue weighted by molar-refractivity contribution is 7.92. The number of benzene rings is 2. The van der Waals surface area contributed by atoms with E-state index in [1.807, 2.05) is 4.72 Å². The van der Waals surface area contributed by atoms with Gasteiger partial charge in [-0.25, -0.2) is 22.5 Å². The van der Waals surface area contributed by atoms with E-state index in [4.69, 9.17) is 4.74 Å². The van der Waals surface area contributed by atoms with E-state index in [-0.39, 0.29) is 22.0 Å². The largest absolute Gasteiger partial charge is 0.495 e. The van der Waals surface area contributed by atoms with Crippen molar-refractivity contribution in [1.29, 1.82) is 0 Å². The summed E-state index contributed by atoms with van der Waals surface area (Å²) in [6, 6.07) is 9.30. The molecule has 1 heterocycles. The van der Waals surface area contributed by atoms with Crippen LogP contribution < -0.4 is 14.2 Å². The first kappa shape index (κ1) is 23.1. The summed E-state index contributed by atoms with van der Waals surface area (Å²) in [6.07, 6.45) is 1.01. The summed E-state index contributed by atoms with van der Waals surface area (Å²) >= 11 is 1.08. The van der Waals surface area contributed by atoms with Crippen molar-refractivity contribution in [2.45, 2.75) is 23.1 Å². The number of thiazole rings is 1. The van der Waals surface area contributed by atoms with Crippen LogP contribution >= 0.6 is 11.3 Å². The van der Waals surface area contributed by atoms with Gasteiger partial charge in [-0.2, -0.15) is 8.42 Å². The van der Waals surface area contributed by atoms with Crippen LogP contribution in [0.3, 0.4) is 0 Å². The molecule has 1 aliphatic rings. The van der Waals surface area contributed by atoms with E-state index in [0.717, 1.165) is 11.3 Å². The van der Waals surface area contributed by atoms with Crippen LogP contribution in [0.25, 0.3) is 10.6 Å². The first-order valence-electron chi connectivity index (χ1n) is 9.57. The van der Waals surface area contributed by atoms with Crippen LogP contribution in [0.1, 0.15) is 23.2 Å². The van der Waals surface area contributed by atoms with Gasteiger partial charge in [-0.15, -0.1) is 11.3 Å². The molecule has 1 saturated carbocycles. The van der Waals surface area contributed by atoms with E-state index >= 15 is 0 Å². The molecule has 1 amide bonds. The number of rotatable bonds is 8. The van der Waals surface area contributed by atoms with Crippen molar-refractivity contribution in [3.05, 3.63) is 59.2 Å². The summed E-state index contributed by atoms with van der Waals surface area (Å²) < 4.78 is 72.3. The second kappa shape index (κ2) is 8.72. The molecular formula is C20H18FN3O6S3. The van der Waals surface area contributed by atoms with Crippen molar-refractivity contribution < 1.29 is 30.8 Å². The zero-order chi connectivity index (χ0) is 23.8. The lowest BCUT2D eigenvalue weighted by Gasteiger charge is -2.12. The van der Waals surface area contributed by atoms with Gasteiger partial charge in [0.05, 0.1) is 18.0 Å². The van der Waals surface area contributed by atoms with Gasteiger partial charge < -0.3 is 4.74 Å². The van der Waals surface area contributed by atoms with Crippen molar-refractivity contribution in [3.8, 4) is 16.3 Å². The monoisotopic (exact) mass is 511 g/mol. The fraction of sp³-hybridized carbons (Fsp3) is 0.200. The lowest BCUT2D eigenvalue weighted by Crippen LogP contribution is -2.33. The third-order valence-electron chi connectivity index (χ3n) is 4.76. The smallest absolute Gasteiger partial charge is 0.280 e. The molecule has 2 aromatic carbocycles. The fourth-order valence-corrected chi connectivity index (χ4v) is 6.34. The Morgan fingerprint density at radius 1 is 1.12 bits per heavy atom. The number of ether oxygens (including phenoxy) is 1. The minimum absolute atomic E-state index is 0.00808. The Kier molecular flexibility index (Phi) is 6.12. The number of methoxy groups -OCH3 is 1. The molecule has 13 heteroatoms. The molecule has 3 aromatic rings. The lowest BCUT2D eigenvalue weighted by molar-refractivity contribution is 0.0981. The molecule has 0 aliphatic heterocycles. The average molecular weight is 512 g/mol. The molecule has 1 fully saturated rings. The Bertz CT molecular complexity index is 1420. The Morgan fingerprint density at radius 3 is 2.45 bits per heavy atom. The molecule has 0 saturated heterocycles. The van der Waals surface area contributed by atoms with Crippen LogP contribution in [0.4, 0.5) is 10.1 Å². The highest BCUT2D eigenvalue weighted by Gasteiger charge is 2.37. The summed E-state index contributed by atoms with van der Waals surface area (Å²) in [5.41, 5.74) is 0.596. The molecule has 2 N–H and O–H groups in total. The Balaban J connectivity index is 1.54. The Morgan fingerprint density at radius 2 is 1.82 bits per heavy atom. The third kappa shape index (κ3) is 5.15. The van der Waals surface area contributed by atoms with Crippen LogP contribution in [0.5, 0.6) is 5.75 Å². The zero-order valence-electron chi connectivity index (χ0n) is 17.1. The molecule has 0 radical (unpaired) electrons.